The molecular formula is C51H33N4O2-. The highest BCUT2D eigenvalue weighted by molar-refractivity contribution is 6.21. The van der Waals surface area contributed by atoms with Gasteiger partial charge in [-0.05, 0) is 76.3 Å². The van der Waals surface area contributed by atoms with E-state index < -0.39 is 0 Å². The summed E-state index contributed by atoms with van der Waals surface area (Å²) in [6, 6.07) is 63.4. The van der Waals surface area contributed by atoms with E-state index in [9.17, 15) is 0 Å². The minimum absolute atomic E-state index is 0.286. The van der Waals surface area contributed by atoms with E-state index in [4.69, 9.17) is 19.1 Å². The van der Waals surface area contributed by atoms with Crippen molar-refractivity contribution in [1.29, 1.82) is 0 Å². The van der Waals surface area contributed by atoms with E-state index in [1.54, 1.807) is 0 Å². The molecule has 1 aliphatic heterocycles. The molecule has 0 saturated carbocycles. The largest absolute Gasteiger partial charge is 0.456 e. The second kappa shape index (κ2) is 12.6. The zero-order valence-corrected chi connectivity index (χ0v) is 30.6. The maximum atomic E-state index is 6.67. The maximum Gasteiger partial charge on any atom is 0.136 e. The monoisotopic (exact) mass is 733 g/mol. The molecule has 2 unspecified atom stereocenters. The Morgan fingerprint density at radius 1 is 0.491 bits per heavy atom. The van der Waals surface area contributed by atoms with Crippen LogP contribution in [0.3, 0.4) is 0 Å². The van der Waals surface area contributed by atoms with Gasteiger partial charge >= 0.3 is 0 Å². The second-order valence-corrected chi connectivity index (χ2v) is 14.7. The Labute approximate surface area is 327 Å². The first kappa shape index (κ1) is 31.9. The van der Waals surface area contributed by atoms with Gasteiger partial charge in [-0.1, -0.05) is 139 Å². The van der Waals surface area contributed by atoms with Gasteiger partial charge in [-0.3, -0.25) is 0 Å². The van der Waals surface area contributed by atoms with E-state index in [1.165, 1.54) is 21.8 Å². The number of nitrogens with one attached hydrogen (secondary N) is 1. The summed E-state index contributed by atoms with van der Waals surface area (Å²) >= 11 is 0. The number of hydrogen-bond acceptors (Lipinski definition) is 4. The van der Waals surface area contributed by atoms with Gasteiger partial charge in [-0.25, -0.2) is 0 Å². The fourth-order valence-corrected chi connectivity index (χ4v) is 8.93. The van der Waals surface area contributed by atoms with Gasteiger partial charge < -0.3 is 29.0 Å². The Bertz CT molecular complexity index is 3320. The van der Waals surface area contributed by atoms with Gasteiger partial charge in [0.05, 0.1) is 11.0 Å². The number of para-hydroxylation sites is 2. The number of amidine groups is 1. The quantitative estimate of drug-likeness (QED) is 0.191. The van der Waals surface area contributed by atoms with Crippen LogP contribution >= 0.6 is 0 Å². The van der Waals surface area contributed by atoms with Crippen molar-refractivity contribution in [2.75, 3.05) is 0 Å². The van der Waals surface area contributed by atoms with Gasteiger partial charge in [0.2, 0.25) is 0 Å². The second-order valence-electron chi connectivity index (χ2n) is 14.7. The molecule has 12 rings (SSSR count). The van der Waals surface area contributed by atoms with Crippen molar-refractivity contribution in [2.24, 2.45) is 4.99 Å². The van der Waals surface area contributed by atoms with Crippen molar-refractivity contribution in [3.8, 4) is 16.8 Å². The third-order valence-corrected chi connectivity index (χ3v) is 11.4. The number of furan rings is 2. The molecule has 0 bridgehead atoms. The summed E-state index contributed by atoms with van der Waals surface area (Å²) in [5.74, 6) is 0.715. The molecule has 1 aliphatic rings. The lowest BCUT2D eigenvalue weighted by atomic mass is 9.93. The van der Waals surface area contributed by atoms with E-state index in [0.717, 1.165) is 77.4 Å². The SMILES string of the molecule is c1ccc(C2=NC(c3ccccc3)NC(c3cccc4oc5cccc(-c6cccc7oc8ccc(-n9c%10ccccc%10c%10ccccc%109)cc8c67)c5c34)[N-]2)cc1. The van der Waals surface area contributed by atoms with Crippen LogP contribution in [-0.4, -0.2) is 10.4 Å². The molecule has 2 atom stereocenters. The number of aliphatic imine (C=N–C) groups is 1. The smallest absolute Gasteiger partial charge is 0.136 e. The van der Waals surface area contributed by atoms with Crippen molar-refractivity contribution in [1.82, 2.24) is 9.88 Å². The summed E-state index contributed by atoms with van der Waals surface area (Å²) in [7, 11) is 0. The Kier molecular flexibility index (Phi) is 7.03. The van der Waals surface area contributed by atoms with Gasteiger partial charge in [0.25, 0.3) is 0 Å². The van der Waals surface area contributed by atoms with Gasteiger partial charge in [-0.2, -0.15) is 0 Å². The molecule has 0 radical (unpaired) electrons. The van der Waals surface area contributed by atoms with Crippen LogP contribution < -0.4 is 5.32 Å². The summed E-state index contributed by atoms with van der Waals surface area (Å²) in [5.41, 5.74) is 12.0. The minimum atomic E-state index is -0.389. The highest BCUT2D eigenvalue weighted by atomic mass is 16.3. The van der Waals surface area contributed by atoms with Crippen LogP contribution in [0, 0.1) is 0 Å². The molecule has 11 aromatic rings. The van der Waals surface area contributed by atoms with Crippen LogP contribution in [0.25, 0.3) is 87.8 Å². The average molecular weight is 734 g/mol. The first-order valence-corrected chi connectivity index (χ1v) is 19.3. The molecule has 0 saturated heterocycles. The number of hydrogen-bond donors (Lipinski definition) is 1. The van der Waals surface area contributed by atoms with Crippen LogP contribution in [0.5, 0.6) is 0 Å². The van der Waals surface area contributed by atoms with Crippen LogP contribution in [0.15, 0.2) is 196 Å². The summed E-state index contributed by atoms with van der Waals surface area (Å²) in [6.45, 7) is 0. The fraction of sp³-hybridized carbons (Fsp3) is 0.0392. The van der Waals surface area contributed by atoms with Crippen molar-refractivity contribution in [2.45, 2.75) is 12.3 Å². The topological polar surface area (TPSA) is 69.7 Å². The standard InChI is InChI=1S/C51H33N4O2/c1-3-14-31(15-4-1)49-52-50(32-16-5-2-6-17-32)54-51(53-49)38-22-13-27-45-48(38)47-37(21-12-26-44(47)57-45)36-20-11-25-43-46(36)39-30-33(28-29-42(39)56-43)55-40-23-9-7-18-34(40)35-19-8-10-24-41(35)55/h1-30,49,51,53H/q-1. The van der Waals surface area contributed by atoms with Gasteiger partial charge in [0.15, 0.2) is 0 Å². The average Bonchev–Trinajstić information content (AvgIpc) is 3.96. The number of benzene rings is 8. The molecule has 0 amide bonds. The van der Waals surface area contributed by atoms with Crippen LogP contribution in [-0.2, 0) is 0 Å². The molecule has 1 N–H and O–H groups in total. The number of aromatic nitrogens is 1. The summed E-state index contributed by atoms with van der Waals surface area (Å²) in [4.78, 5) is 5.11. The molecule has 0 aliphatic carbocycles. The highest BCUT2D eigenvalue weighted by Crippen LogP contribution is 2.46. The fourth-order valence-electron chi connectivity index (χ4n) is 8.93. The first-order chi connectivity index (χ1) is 28.3. The van der Waals surface area contributed by atoms with Crippen LogP contribution in [0.4, 0.5) is 0 Å². The molecule has 4 heterocycles. The Morgan fingerprint density at radius 2 is 1.09 bits per heavy atom. The highest BCUT2D eigenvalue weighted by Gasteiger charge is 2.24. The van der Waals surface area contributed by atoms with Crippen molar-refractivity contribution in [3.63, 3.8) is 0 Å². The molecule has 6 nitrogen and oxygen atoms in total. The molecule has 6 heteroatoms. The summed E-state index contributed by atoms with van der Waals surface area (Å²) < 4.78 is 15.6. The summed E-state index contributed by atoms with van der Waals surface area (Å²) in [6.07, 6.45) is -0.675. The maximum absolute atomic E-state index is 6.67. The van der Waals surface area contributed by atoms with E-state index in [1.807, 2.05) is 24.3 Å². The molecule has 270 valence electrons. The van der Waals surface area contributed by atoms with Gasteiger partial charge in [0, 0.05) is 50.3 Å². The third kappa shape index (κ3) is 4.98. The molecular weight excluding hydrogens is 701 g/mol. The zero-order chi connectivity index (χ0) is 37.5. The molecule has 57 heavy (non-hydrogen) atoms. The molecule has 0 spiro atoms. The summed E-state index contributed by atoms with van der Waals surface area (Å²) in [5, 5.41) is 15.7. The van der Waals surface area contributed by atoms with E-state index in [0.29, 0.717) is 5.84 Å². The van der Waals surface area contributed by atoms with E-state index in [-0.39, 0.29) is 12.3 Å². The first-order valence-electron chi connectivity index (χ1n) is 19.3. The minimum Gasteiger partial charge on any atom is -0.456 e. The van der Waals surface area contributed by atoms with Gasteiger partial charge in [0.1, 0.15) is 22.3 Å². The Morgan fingerprint density at radius 3 is 1.82 bits per heavy atom. The Hall–Kier alpha value is -7.41. The van der Waals surface area contributed by atoms with Crippen LogP contribution in [0.1, 0.15) is 29.0 Å². The van der Waals surface area contributed by atoms with Crippen LogP contribution in [0.2, 0.25) is 0 Å². The predicted octanol–water partition coefficient (Wildman–Crippen LogP) is 13.4. The Balaban J connectivity index is 1.06. The van der Waals surface area contributed by atoms with E-state index >= 15 is 0 Å². The third-order valence-electron chi connectivity index (χ3n) is 11.4. The van der Waals surface area contributed by atoms with Crippen molar-refractivity contribution >= 4 is 71.5 Å². The zero-order valence-electron chi connectivity index (χ0n) is 30.6. The number of nitrogens with zero attached hydrogens (tertiary/aromatic N) is 3. The lowest BCUT2D eigenvalue weighted by Gasteiger charge is -2.40. The lowest BCUT2D eigenvalue weighted by Crippen LogP contribution is -2.31. The van der Waals surface area contributed by atoms with E-state index in [2.05, 4.69) is 168 Å². The van der Waals surface area contributed by atoms with Crippen molar-refractivity contribution in [3.05, 3.63) is 204 Å². The molecule has 8 aromatic carbocycles. The molecule has 0 fully saturated rings. The molecule has 3 aromatic heterocycles. The normalized spacial score (nSPS) is 15.9. The lowest BCUT2D eigenvalue weighted by molar-refractivity contribution is 0.490. The predicted molar refractivity (Wildman–Crippen MR) is 232 cm³/mol. The van der Waals surface area contributed by atoms with Crippen molar-refractivity contribution < 1.29 is 8.83 Å². The number of rotatable bonds is 5. The van der Waals surface area contributed by atoms with Gasteiger partial charge in [-0.15, -0.1) is 0 Å². The number of fused-ring (bicyclic) bond motifs is 9.